The van der Waals surface area contributed by atoms with Crippen LogP contribution in [-0.2, 0) is 12.0 Å². The van der Waals surface area contributed by atoms with E-state index in [0.29, 0.717) is 28.6 Å². The van der Waals surface area contributed by atoms with Gasteiger partial charge >= 0.3 is 0 Å². The van der Waals surface area contributed by atoms with Gasteiger partial charge < -0.3 is 19.9 Å². The van der Waals surface area contributed by atoms with Gasteiger partial charge in [0.15, 0.2) is 5.82 Å². The number of H-pyrrole nitrogens is 1. The fraction of sp³-hybridized carbons (Fsp3) is 0.294. The number of benzene rings is 2. The second-order valence-corrected chi connectivity index (χ2v) is 12.2. The number of nitrogens with zero attached hydrogens (tertiary/aromatic N) is 5. The summed E-state index contributed by atoms with van der Waals surface area (Å²) in [6.07, 6.45) is 5.27. The lowest BCUT2D eigenvalue weighted by Crippen LogP contribution is -2.43. The van der Waals surface area contributed by atoms with Gasteiger partial charge in [0.1, 0.15) is 17.2 Å². The van der Waals surface area contributed by atoms with Crippen molar-refractivity contribution in [3.05, 3.63) is 96.1 Å². The van der Waals surface area contributed by atoms with E-state index in [9.17, 15) is 4.79 Å². The molecule has 6 rings (SSSR count). The van der Waals surface area contributed by atoms with Crippen LogP contribution >= 0.6 is 0 Å². The van der Waals surface area contributed by atoms with Gasteiger partial charge in [-0.25, -0.2) is 4.98 Å². The second-order valence-electron chi connectivity index (χ2n) is 12.2. The van der Waals surface area contributed by atoms with E-state index in [2.05, 4.69) is 64.0 Å². The molecule has 0 bridgehead atoms. The highest BCUT2D eigenvalue weighted by molar-refractivity contribution is 6.05. The number of hydrogen-bond acceptors (Lipinski definition) is 7. The molecule has 220 valence electrons. The number of aromatic amines is 1. The van der Waals surface area contributed by atoms with E-state index < -0.39 is 0 Å². The van der Waals surface area contributed by atoms with Crippen LogP contribution < -0.4 is 10.1 Å². The fourth-order valence-electron chi connectivity index (χ4n) is 5.11. The largest absolute Gasteiger partial charge is 0.457 e. The van der Waals surface area contributed by atoms with Crippen LogP contribution in [0.25, 0.3) is 22.4 Å². The summed E-state index contributed by atoms with van der Waals surface area (Å²) in [6, 6.07) is 19.1. The minimum atomic E-state index is -0.212. The molecule has 2 aromatic carbocycles. The normalized spacial score (nSPS) is 14.6. The number of hydrogen-bond donors (Lipinski definition) is 2. The van der Waals surface area contributed by atoms with Crippen molar-refractivity contribution in [2.24, 2.45) is 0 Å². The Morgan fingerprint density at radius 1 is 0.977 bits per heavy atom. The molecular formula is C34H37N7O2. The summed E-state index contributed by atoms with van der Waals surface area (Å²) in [6.45, 7) is 11.5. The van der Waals surface area contributed by atoms with Crippen molar-refractivity contribution in [1.29, 1.82) is 0 Å². The quantitative estimate of drug-likeness (QED) is 0.242. The number of anilines is 1. The monoisotopic (exact) mass is 575 g/mol. The van der Waals surface area contributed by atoms with Gasteiger partial charge in [-0.15, -0.1) is 0 Å². The maximum Gasteiger partial charge on any atom is 0.257 e. The number of aromatic nitrogens is 4. The molecule has 0 spiro atoms. The van der Waals surface area contributed by atoms with E-state index in [1.807, 2.05) is 60.8 Å². The van der Waals surface area contributed by atoms with Gasteiger partial charge in [0.05, 0.1) is 16.8 Å². The number of imidazole rings is 1. The van der Waals surface area contributed by atoms with Crippen molar-refractivity contribution < 1.29 is 9.53 Å². The first kappa shape index (κ1) is 28.5. The zero-order chi connectivity index (χ0) is 30.0. The molecule has 1 saturated heterocycles. The van der Waals surface area contributed by atoms with Gasteiger partial charge in [0.25, 0.3) is 5.91 Å². The molecule has 1 fully saturated rings. The molecule has 43 heavy (non-hydrogen) atoms. The number of ether oxygens (including phenoxy) is 1. The first-order chi connectivity index (χ1) is 20.7. The number of amides is 1. The molecule has 0 aliphatic carbocycles. The molecule has 1 amide bonds. The lowest BCUT2D eigenvalue weighted by molar-refractivity contribution is 0.102. The van der Waals surface area contributed by atoms with E-state index in [0.717, 1.165) is 60.6 Å². The minimum Gasteiger partial charge on any atom is -0.457 e. The predicted molar refractivity (Wildman–Crippen MR) is 170 cm³/mol. The van der Waals surface area contributed by atoms with E-state index in [1.165, 1.54) is 0 Å². The molecule has 5 aromatic rings. The van der Waals surface area contributed by atoms with Crippen molar-refractivity contribution in [3.63, 3.8) is 0 Å². The van der Waals surface area contributed by atoms with Crippen molar-refractivity contribution in [3.8, 4) is 23.0 Å². The summed E-state index contributed by atoms with van der Waals surface area (Å²) in [5.41, 5.74) is 4.85. The molecule has 0 radical (unpaired) electrons. The van der Waals surface area contributed by atoms with E-state index in [4.69, 9.17) is 9.72 Å². The van der Waals surface area contributed by atoms with Crippen molar-refractivity contribution in [1.82, 2.24) is 29.7 Å². The molecule has 0 saturated carbocycles. The molecule has 0 unspecified atom stereocenters. The van der Waals surface area contributed by atoms with Crippen LogP contribution in [-0.4, -0.2) is 68.9 Å². The number of piperazine rings is 1. The molecule has 9 nitrogen and oxygen atoms in total. The molecule has 4 heterocycles. The molecule has 1 aliphatic heterocycles. The molecule has 9 heteroatoms. The average molecular weight is 576 g/mol. The predicted octanol–water partition coefficient (Wildman–Crippen LogP) is 6.11. The average Bonchev–Trinajstić information content (AvgIpc) is 3.46. The Balaban J connectivity index is 1.15. The summed E-state index contributed by atoms with van der Waals surface area (Å²) in [5, 5.41) is 3.82. The number of carbonyl (C=O) groups is 1. The number of carbonyl (C=O) groups excluding carboxylic acids is 1. The lowest BCUT2D eigenvalue weighted by atomic mass is 9.87. The van der Waals surface area contributed by atoms with Gasteiger partial charge in [-0.05, 0) is 60.5 Å². The summed E-state index contributed by atoms with van der Waals surface area (Å²) in [4.78, 5) is 34.9. The molecule has 1 aliphatic rings. The smallest absolute Gasteiger partial charge is 0.257 e. The Morgan fingerprint density at radius 2 is 1.79 bits per heavy atom. The van der Waals surface area contributed by atoms with Crippen molar-refractivity contribution in [2.75, 3.05) is 38.5 Å². The third kappa shape index (κ3) is 6.90. The van der Waals surface area contributed by atoms with Crippen molar-refractivity contribution in [2.45, 2.75) is 32.7 Å². The first-order valence-corrected chi connectivity index (χ1v) is 14.6. The Bertz CT molecular complexity index is 1750. The topological polar surface area (TPSA) is 99.3 Å². The summed E-state index contributed by atoms with van der Waals surface area (Å²) in [5.74, 6) is 1.77. The maximum absolute atomic E-state index is 13.1. The SMILES string of the molecule is CN1CCN(Cc2c[nH]c(-c3cc(Oc4ccc5ncc(C(=O)Nc6cccc(C(C)(C)C)c6)cc5c4)ccn3)n2)CC1. The summed E-state index contributed by atoms with van der Waals surface area (Å²) in [7, 11) is 2.16. The highest BCUT2D eigenvalue weighted by Gasteiger charge is 2.17. The first-order valence-electron chi connectivity index (χ1n) is 14.6. The van der Waals surface area contributed by atoms with Gasteiger partial charge in [0, 0.05) is 68.5 Å². The number of pyridine rings is 2. The third-order valence-electron chi connectivity index (χ3n) is 7.72. The maximum atomic E-state index is 13.1. The van der Waals surface area contributed by atoms with Crippen LogP contribution in [0.3, 0.4) is 0 Å². The highest BCUT2D eigenvalue weighted by atomic mass is 16.5. The Kier molecular flexibility index (Phi) is 7.92. The zero-order valence-electron chi connectivity index (χ0n) is 25.1. The third-order valence-corrected chi connectivity index (χ3v) is 7.72. The van der Waals surface area contributed by atoms with Gasteiger partial charge in [-0.2, -0.15) is 0 Å². The minimum absolute atomic E-state index is 0.0112. The van der Waals surface area contributed by atoms with Crippen LogP contribution in [0.1, 0.15) is 42.4 Å². The Hall–Kier alpha value is -4.60. The molecule has 2 N–H and O–H groups in total. The lowest BCUT2D eigenvalue weighted by Gasteiger charge is -2.31. The molecule has 3 aromatic heterocycles. The van der Waals surface area contributed by atoms with Gasteiger partial charge in [-0.1, -0.05) is 32.9 Å². The van der Waals surface area contributed by atoms with Crippen LogP contribution in [0, 0.1) is 0 Å². The van der Waals surface area contributed by atoms with Crippen LogP contribution in [0.2, 0.25) is 0 Å². The molecule has 0 atom stereocenters. The van der Waals surface area contributed by atoms with Crippen LogP contribution in [0.5, 0.6) is 11.5 Å². The summed E-state index contributed by atoms with van der Waals surface area (Å²) >= 11 is 0. The molecular weight excluding hydrogens is 538 g/mol. The Labute approximate surface area is 252 Å². The number of likely N-dealkylation sites (N-methyl/N-ethyl adjacent to an activating group) is 1. The number of fused-ring (bicyclic) bond motifs is 1. The van der Waals surface area contributed by atoms with E-state index >= 15 is 0 Å². The van der Waals surface area contributed by atoms with Crippen molar-refractivity contribution >= 4 is 22.5 Å². The van der Waals surface area contributed by atoms with Crippen LogP contribution in [0.4, 0.5) is 5.69 Å². The van der Waals surface area contributed by atoms with E-state index in [1.54, 1.807) is 12.4 Å². The fourth-order valence-corrected chi connectivity index (χ4v) is 5.11. The standard InChI is InChI=1S/C34H37N7O2/c1-34(2,3)25-6-5-7-26(18-25)39-33(42)24-16-23-17-28(8-9-30(23)36-20-24)43-29-10-11-35-31(19-29)32-37-21-27(38-32)22-41-14-12-40(4)13-15-41/h5-11,16-21H,12-15,22H2,1-4H3,(H,37,38)(H,39,42). The number of rotatable bonds is 7. The summed E-state index contributed by atoms with van der Waals surface area (Å²) < 4.78 is 6.21. The van der Waals surface area contributed by atoms with Gasteiger partial charge in [-0.3, -0.25) is 19.7 Å². The van der Waals surface area contributed by atoms with E-state index in [-0.39, 0.29) is 11.3 Å². The number of nitrogens with one attached hydrogen (secondary N) is 2. The van der Waals surface area contributed by atoms with Crippen LogP contribution in [0.15, 0.2) is 79.3 Å². The van der Waals surface area contributed by atoms with Gasteiger partial charge in [0.2, 0.25) is 0 Å². The zero-order valence-corrected chi connectivity index (χ0v) is 25.1. The highest BCUT2D eigenvalue weighted by Crippen LogP contribution is 2.28. The Morgan fingerprint density at radius 3 is 2.60 bits per heavy atom. The second kappa shape index (κ2) is 11.9.